The van der Waals surface area contributed by atoms with Crippen LogP contribution in [0.4, 0.5) is 5.69 Å². The lowest BCUT2D eigenvalue weighted by atomic mass is 10.3. The van der Waals surface area contributed by atoms with Gasteiger partial charge in [-0.15, -0.1) is 16.4 Å². The van der Waals surface area contributed by atoms with Gasteiger partial charge in [-0.1, -0.05) is 0 Å². The molecule has 0 fully saturated rings. The van der Waals surface area contributed by atoms with E-state index in [0.29, 0.717) is 14.2 Å². The number of aliphatic hydroxyl groups is 1. The first-order chi connectivity index (χ1) is 8.49. The van der Waals surface area contributed by atoms with Gasteiger partial charge in [0.2, 0.25) is 5.16 Å². The van der Waals surface area contributed by atoms with Crippen LogP contribution in [0.25, 0.3) is 0 Å². The Balaban J connectivity index is 2.37. The van der Waals surface area contributed by atoms with Crippen LogP contribution in [0.3, 0.4) is 0 Å². The lowest BCUT2D eigenvalue weighted by Gasteiger charge is -1.96. The normalized spacial score (nSPS) is 12.6. The maximum Gasteiger partial charge on any atom is 0.294 e. The number of aryl methyl sites for hydroxylation is 1. The highest BCUT2D eigenvalue weighted by Gasteiger charge is 2.23. The number of nitrogens with zero attached hydrogens (tertiary/aromatic N) is 5. The first-order valence-electron chi connectivity index (χ1n) is 4.85. The predicted octanol–water partition coefficient (Wildman–Crippen LogP) is 1.38. The van der Waals surface area contributed by atoms with Crippen molar-refractivity contribution in [1.29, 1.82) is 0 Å². The predicted molar refractivity (Wildman–Crippen MR) is 64.5 cm³/mol. The van der Waals surface area contributed by atoms with E-state index in [1.54, 1.807) is 14.0 Å². The summed E-state index contributed by atoms with van der Waals surface area (Å²) >= 11 is 2.27. The number of rotatable bonds is 4. The largest absolute Gasteiger partial charge is 0.388 e. The molecule has 2 aromatic rings. The van der Waals surface area contributed by atoms with Gasteiger partial charge < -0.3 is 5.11 Å². The zero-order chi connectivity index (χ0) is 13.3. The molecule has 0 amide bonds. The minimum atomic E-state index is -0.735. The highest BCUT2D eigenvalue weighted by atomic mass is 32.2. The number of nitro groups is 1. The van der Waals surface area contributed by atoms with Gasteiger partial charge >= 0.3 is 0 Å². The van der Waals surface area contributed by atoms with Crippen molar-refractivity contribution >= 4 is 28.8 Å². The van der Waals surface area contributed by atoms with E-state index in [9.17, 15) is 15.2 Å². The molecule has 8 nitrogen and oxygen atoms in total. The molecule has 0 aliphatic rings. The highest BCUT2D eigenvalue weighted by Crippen LogP contribution is 2.42. The van der Waals surface area contributed by atoms with Gasteiger partial charge in [0.25, 0.3) is 5.69 Å². The van der Waals surface area contributed by atoms with E-state index >= 15 is 0 Å². The van der Waals surface area contributed by atoms with E-state index < -0.39 is 11.0 Å². The van der Waals surface area contributed by atoms with Crippen LogP contribution in [0.15, 0.2) is 15.4 Å². The Labute approximate surface area is 110 Å². The summed E-state index contributed by atoms with van der Waals surface area (Å²) in [5.74, 6) is 0. The maximum atomic E-state index is 10.9. The maximum absolute atomic E-state index is 10.9. The molecule has 10 heteroatoms. The van der Waals surface area contributed by atoms with Crippen LogP contribution >= 0.6 is 23.1 Å². The monoisotopic (exact) mass is 287 g/mol. The fraction of sp³-hybridized carbons (Fsp3) is 0.375. The molecule has 96 valence electrons. The van der Waals surface area contributed by atoms with Crippen LogP contribution in [0.5, 0.6) is 0 Å². The van der Waals surface area contributed by atoms with Gasteiger partial charge in [-0.05, 0) is 29.1 Å². The first kappa shape index (κ1) is 12.9. The van der Waals surface area contributed by atoms with E-state index in [1.807, 2.05) is 0 Å². The van der Waals surface area contributed by atoms with Crippen molar-refractivity contribution in [3.63, 3.8) is 0 Å². The molecule has 0 unspecified atom stereocenters. The number of hydrogen-bond donors (Lipinski definition) is 1. The van der Waals surface area contributed by atoms with Crippen molar-refractivity contribution in [2.75, 3.05) is 0 Å². The molecule has 0 radical (unpaired) electrons. The average molecular weight is 287 g/mol. The molecule has 0 saturated heterocycles. The van der Waals surface area contributed by atoms with E-state index in [4.69, 9.17) is 0 Å². The fourth-order valence-corrected chi connectivity index (χ4v) is 3.30. The van der Waals surface area contributed by atoms with Crippen LogP contribution < -0.4 is 0 Å². The zero-order valence-electron chi connectivity index (χ0n) is 9.47. The molecule has 2 aromatic heterocycles. The van der Waals surface area contributed by atoms with E-state index in [0.717, 1.165) is 11.8 Å². The van der Waals surface area contributed by atoms with Crippen molar-refractivity contribution < 1.29 is 10.0 Å². The average Bonchev–Trinajstić information content (AvgIpc) is 2.87. The minimum absolute atomic E-state index is 0.0381. The summed E-state index contributed by atoms with van der Waals surface area (Å²) in [5, 5.41) is 31.7. The van der Waals surface area contributed by atoms with Crippen molar-refractivity contribution in [2.45, 2.75) is 22.4 Å². The third-order valence-corrected chi connectivity index (χ3v) is 4.58. The summed E-state index contributed by atoms with van der Waals surface area (Å²) in [4.78, 5) is 11.0. The van der Waals surface area contributed by atoms with Crippen LogP contribution in [0.1, 0.15) is 17.9 Å². The second-order valence-electron chi connectivity index (χ2n) is 3.44. The molecule has 0 bridgehead atoms. The molecule has 0 spiro atoms. The van der Waals surface area contributed by atoms with Gasteiger partial charge in [0.05, 0.1) is 11.0 Å². The Hall–Kier alpha value is -1.52. The highest BCUT2D eigenvalue weighted by molar-refractivity contribution is 8.01. The Morgan fingerprint density at radius 2 is 2.39 bits per heavy atom. The molecule has 2 rings (SSSR count). The number of aliphatic hydroxyl groups excluding tert-OH is 1. The summed E-state index contributed by atoms with van der Waals surface area (Å²) in [7, 11) is 1.65. The number of tetrazole rings is 1. The first-order valence-corrected chi connectivity index (χ1v) is 6.48. The zero-order valence-corrected chi connectivity index (χ0v) is 11.1. The lowest BCUT2D eigenvalue weighted by molar-refractivity contribution is -0.387. The SMILES string of the molecule is C[C@H](O)c1cc([N+](=O)[O-])c(Sc2nnnn2C)s1. The summed E-state index contributed by atoms with van der Waals surface area (Å²) in [6, 6.07) is 1.38. The fourth-order valence-electron chi connectivity index (χ4n) is 1.18. The number of hydrogen-bond acceptors (Lipinski definition) is 8. The van der Waals surface area contributed by atoms with Crippen molar-refractivity contribution in [3.8, 4) is 0 Å². The number of thiophene rings is 1. The summed E-state index contributed by atoms with van der Waals surface area (Å²) in [5.41, 5.74) is -0.0381. The molecule has 0 aliphatic carbocycles. The van der Waals surface area contributed by atoms with Crippen molar-refractivity contribution in [2.24, 2.45) is 7.05 Å². The van der Waals surface area contributed by atoms with Gasteiger partial charge in [-0.25, -0.2) is 4.68 Å². The van der Waals surface area contributed by atoms with Crippen LogP contribution in [0.2, 0.25) is 0 Å². The lowest BCUT2D eigenvalue weighted by Crippen LogP contribution is -1.93. The van der Waals surface area contributed by atoms with Crippen molar-refractivity contribution in [1.82, 2.24) is 20.2 Å². The molecule has 0 aromatic carbocycles. The molecule has 0 saturated carbocycles. The third-order valence-electron chi connectivity index (χ3n) is 2.07. The van der Waals surface area contributed by atoms with E-state index in [1.165, 1.54) is 22.1 Å². The molecule has 18 heavy (non-hydrogen) atoms. The third kappa shape index (κ3) is 2.49. The Morgan fingerprint density at radius 3 is 2.89 bits per heavy atom. The topological polar surface area (TPSA) is 107 Å². The van der Waals surface area contributed by atoms with Crippen LogP contribution in [-0.2, 0) is 7.05 Å². The Bertz CT molecular complexity index is 579. The molecule has 2 heterocycles. The second kappa shape index (κ2) is 5.00. The standard InChI is InChI=1S/C8H9N5O3S2/c1-4(14)6-3-5(13(15)16)7(17-6)18-8-9-10-11-12(8)2/h3-4,14H,1-2H3/t4-/m0/s1. The van der Waals surface area contributed by atoms with E-state index in [2.05, 4.69) is 15.5 Å². The number of aromatic nitrogens is 4. The Kier molecular flexibility index (Phi) is 3.59. The molecular weight excluding hydrogens is 278 g/mol. The van der Waals surface area contributed by atoms with Gasteiger partial charge in [0, 0.05) is 18.0 Å². The molecule has 0 aliphatic heterocycles. The smallest absolute Gasteiger partial charge is 0.294 e. The summed E-state index contributed by atoms with van der Waals surface area (Å²) < 4.78 is 1.88. The second-order valence-corrected chi connectivity index (χ2v) is 5.76. The van der Waals surface area contributed by atoms with Gasteiger partial charge in [0.15, 0.2) is 0 Å². The Morgan fingerprint density at radius 1 is 1.67 bits per heavy atom. The summed E-state index contributed by atoms with van der Waals surface area (Å²) in [6.07, 6.45) is -0.735. The quantitative estimate of drug-likeness (QED) is 0.668. The van der Waals surface area contributed by atoms with Crippen molar-refractivity contribution in [3.05, 3.63) is 21.1 Å². The van der Waals surface area contributed by atoms with E-state index in [-0.39, 0.29) is 5.69 Å². The molecule has 1 atom stereocenters. The van der Waals surface area contributed by atoms with Gasteiger partial charge in [-0.2, -0.15) is 0 Å². The van der Waals surface area contributed by atoms with Gasteiger partial charge in [-0.3, -0.25) is 10.1 Å². The summed E-state index contributed by atoms with van der Waals surface area (Å²) in [6.45, 7) is 1.56. The molecule has 1 N–H and O–H groups in total. The van der Waals surface area contributed by atoms with Crippen LogP contribution in [-0.4, -0.2) is 30.2 Å². The van der Waals surface area contributed by atoms with Gasteiger partial charge in [0.1, 0.15) is 4.21 Å². The van der Waals surface area contributed by atoms with Crippen LogP contribution in [0, 0.1) is 10.1 Å². The molecular formula is C8H9N5O3S2. The minimum Gasteiger partial charge on any atom is -0.388 e.